The molecule has 0 aliphatic heterocycles. The number of anilines is 1. The molecule has 1 aromatic rings. The molecule has 2 N–H and O–H groups in total. The van der Waals surface area contributed by atoms with Gasteiger partial charge in [0.1, 0.15) is 5.92 Å². The fraction of sp³-hybridized carbons (Fsp3) is 0.273. The van der Waals surface area contributed by atoms with Crippen molar-refractivity contribution in [3.8, 4) is 0 Å². The number of methoxy groups -OCH3 is 1. The van der Waals surface area contributed by atoms with E-state index in [0.29, 0.717) is 11.3 Å². The number of nitrogen functional groups attached to an aromatic ring is 1. The van der Waals surface area contributed by atoms with Crippen molar-refractivity contribution >= 4 is 28.5 Å². The predicted molar refractivity (Wildman–Crippen MR) is 60.9 cm³/mol. The number of nitrogens with two attached hydrogens (primary N) is 1. The van der Waals surface area contributed by atoms with Crippen LogP contribution in [0, 0.1) is 5.92 Å². The van der Waals surface area contributed by atoms with Gasteiger partial charge in [0.05, 0.1) is 7.11 Å². The molecular formula is C11H12ClNO3. The van der Waals surface area contributed by atoms with E-state index in [0.717, 1.165) is 0 Å². The van der Waals surface area contributed by atoms with Crippen LogP contribution in [0.1, 0.15) is 5.56 Å². The molecule has 4 nitrogen and oxygen atoms in total. The van der Waals surface area contributed by atoms with Gasteiger partial charge in [-0.25, -0.2) is 0 Å². The van der Waals surface area contributed by atoms with Crippen LogP contribution >= 0.6 is 11.6 Å². The number of esters is 1. The van der Waals surface area contributed by atoms with E-state index in [9.17, 15) is 9.59 Å². The van der Waals surface area contributed by atoms with Crippen molar-refractivity contribution in [1.29, 1.82) is 0 Å². The monoisotopic (exact) mass is 241 g/mol. The van der Waals surface area contributed by atoms with Crippen molar-refractivity contribution in [3.05, 3.63) is 29.8 Å². The summed E-state index contributed by atoms with van der Waals surface area (Å²) >= 11 is 5.34. The minimum Gasteiger partial charge on any atom is -0.468 e. The number of ether oxygens (including phenoxy) is 1. The lowest BCUT2D eigenvalue weighted by molar-refractivity contribution is -0.147. The van der Waals surface area contributed by atoms with Crippen molar-refractivity contribution < 1.29 is 14.3 Å². The first-order valence-electron chi connectivity index (χ1n) is 4.66. The minimum absolute atomic E-state index is 0.154. The fourth-order valence-electron chi connectivity index (χ4n) is 1.34. The zero-order valence-electron chi connectivity index (χ0n) is 8.77. The molecule has 0 heterocycles. The summed E-state index contributed by atoms with van der Waals surface area (Å²) in [7, 11) is 1.21. The molecule has 16 heavy (non-hydrogen) atoms. The molecule has 0 aromatic heterocycles. The van der Waals surface area contributed by atoms with Gasteiger partial charge in [-0.2, -0.15) is 0 Å². The molecule has 0 radical (unpaired) electrons. The normalized spacial score (nSPS) is 11.9. The third-order valence-corrected chi connectivity index (χ3v) is 2.50. The van der Waals surface area contributed by atoms with Crippen molar-refractivity contribution in [1.82, 2.24) is 0 Å². The van der Waals surface area contributed by atoms with E-state index in [1.807, 2.05) is 0 Å². The van der Waals surface area contributed by atoms with Crippen LogP contribution < -0.4 is 5.73 Å². The molecule has 86 valence electrons. The lowest BCUT2D eigenvalue weighted by Gasteiger charge is -2.11. The Morgan fingerprint density at radius 1 is 1.44 bits per heavy atom. The number of para-hydroxylation sites is 1. The lowest BCUT2D eigenvalue weighted by atomic mass is 9.99. The molecular weight excluding hydrogens is 230 g/mol. The maximum absolute atomic E-state index is 11.3. The summed E-state index contributed by atoms with van der Waals surface area (Å²) in [5.41, 5.74) is 6.93. The predicted octanol–water partition coefficient (Wildman–Crippen LogP) is 1.37. The van der Waals surface area contributed by atoms with E-state index < -0.39 is 17.1 Å². The number of rotatable bonds is 4. The highest BCUT2D eigenvalue weighted by Gasteiger charge is 2.26. The van der Waals surface area contributed by atoms with Crippen molar-refractivity contribution in [2.24, 2.45) is 5.92 Å². The van der Waals surface area contributed by atoms with Crippen LogP contribution in [-0.4, -0.2) is 18.3 Å². The quantitative estimate of drug-likeness (QED) is 0.374. The molecule has 1 rings (SSSR count). The number of hydrogen-bond acceptors (Lipinski definition) is 4. The Morgan fingerprint density at radius 2 is 2.06 bits per heavy atom. The second-order valence-electron chi connectivity index (χ2n) is 3.28. The maximum atomic E-state index is 11.3. The van der Waals surface area contributed by atoms with E-state index in [1.165, 1.54) is 7.11 Å². The summed E-state index contributed by atoms with van der Waals surface area (Å²) in [6.45, 7) is 0. The molecule has 0 bridgehead atoms. The summed E-state index contributed by atoms with van der Waals surface area (Å²) in [6, 6.07) is 6.99. The Balaban J connectivity index is 2.88. The van der Waals surface area contributed by atoms with Gasteiger partial charge in [-0.15, -0.1) is 0 Å². The van der Waals surface area contributed by atoms with Gasteiger partial charge < -0.3 is 10.5 Å². The molecule has 0 saturated heterocycles. The minimum atomic E-state index is -1.00. The third-order valence-electron chi connectivity index (χ3n) is 2.24. The van der Waals surface area contributed by atoms with Gasteiger partial charge >= 0.3 is 5.97 Å². The van der Waals surface area contributed by atoms with Gasteiger partial charge in [-0.3, -0.25) is 9.59 Å². The average molecular weight is 242 g/mol. The molecule has 0 aliphatic rings. The van der Waals surface area contributed by atoms with E-state index in [1.54, 1.807) is 24.3 Å². The largest absolute Gasteiger partial charge is 0.468 e. The first-order chi connectivity index (χ1) is 7.56. The van der Waals surface area contributed by atoms with Crippen LogP contribution in [0.25, 0.3) is 0 Å². The molecule has 1 atom stereocenters. The highest BCUT2D eigenvalue weighted by molar-refractivity contribution is 6.65. The van der Waals surface area contributed by atoms with Crippen molar-refractivity contribution in [2.45, 2.75) is 6.42 Å². The van der Waals surface area contributed by atoms with Crippen LogP contribution in [0.5, 0.6) is 0 Å². The Labute approximate surface area is 98.3 Å². The molecule has 5 heteroatoms. The second kappa shape index (κ2) is 5.51. The molecule has 0 amide bonds. The summed E-state index contributed by atoms with van der Waals surface area (Å²) in [6.07, 6.45) is 0.154. The van der Waals surface area contributed by atoms with Gasteiger partial charge in [-0.1, -0.05) is 18.2 Å². The van der Waals surface area contributed by atoms with Gasteiger partial charge in [-0.05, 0) is 29.7 Å². The van der Waals surface area contributed by atoms with Gasteiger partial charge in [0.2, 0.25) is 5.24 Å². The second-order valence-corrected chi connectivity index (χ2v) is 3.66. The van der Waals surface area contributed by atoms with E-state index in [-0.39, 0.29) is 6.42 Å². The zero-order chi connectivity index (χ0) is 12.1. The number of hydrogen-bond donors (Lipinski definition) is 1. The van der Waals surface area contributed by atoms with Crippen LogP contribution in [0.3, 0.4) is 0 Å². The summed E-state index contributed by atoms with van der Waals surface area (Å²) in [4.78, 5) is 22.4. The Kier molecular flexibility index (Phi) is 4.31. The summed E-state index contributed by atoms with van der Waals surface area (Å²) in [5.74, 6) is -1.65. The molecule has 1 unspecified atom stereocenters. The van der Waals surface area contributed by atoms with Crippen molar-refractivity contribution in [3.63, 3.8) is 0 Å². The summed E-state index contributed by atoms with van der Waals surface area (Å²) in [5, 5.41) is -0.741. The van der Waals surface area contributed by atoms with Gasteiger partial charge in [0.25, 0.3) is 0 Å². The van der Waals surface area contributed by atoms with E-state index in [4.69, 9.17) is 17.3 Å². The molecule has 0 saturated carbocycles. The Morgan fingerprint density at radius 3 is 2.56 bits per heavy atom. The maximum Gasteiger partial charge on any atom is 0.317 e. The number of carbonyl (C=O) groups is 2. The number of halogens is 1. The number of benzene rings is 1. The van der Waals surface area contributed by atoms with Crippen LogP contribution in [0.4, 0.5) is 5.69 Å². The average Bonchev–Trinajstić information content (AvgIpc) is 2.26. The van der Waals surface area contributed by atoms with Crippen LogP contribution in [0.15, 0.2) is 24.3 Å². The standard InChI is InChI=1S/C11H12ClNO3/c1-16-11(15)8(10(12)14)6-7-4-2-3-5-9(7)13/h2-5,8H,6,13H2,1H3. The van der Waals surface area contributed by atoms with Crippen LogP contribution in [0.2, 0.25) is 0 Å². The zero-order valence-corrected chi connectivity index (χ0v) is 9.53. The Bertz CT molecular complexity index is 406. The first-order valence-corrected chi connectivity index (χ1v) is 5.04. The fourth-order valence-corrected chi connectivity index (χ4v) is 1.50. The van der Waals surface area contributed by atoms with E-state index >= 15 is 0 Å². The van der Waals surface area contributed by atoms with Gasteiger partial charge in [0.15, 0.2) is 0 Å². The first kappa shape index (κ1) is 12.5. The highest BCUT2D eigenvalue weighted by Crippen LogP contribution is 2.18. The smallest absolute Gasteiger partial charge is 0.317 e. The van der Waals surface area contributed by atoms with Gasteiger partial charge in [0, 0.05) is 5.69 Å². The summed E-state index contributed by atoms with van der Waals surface area (Å²) < 4.78 is 4.50. The Hall–Kier alpha value is -1.55. The lowest BCUT2D eigenvalue weighted by Crippen LogP contribution is -2.24. The highest BCUT2D eigenvalue weighted by atomic mass is 35.5. The van der Waals surface area contributed by atoms with E-state index in [2.05, 4.69) is 4.74 Å². The van der Waals surface area contributed by atoms with Crippen LogP contribution in [-0.2, 0) is 20.7 Å². The molecule has 0 fully saturated rings. The third kappa shape index (κ3) is 2.97. The number of carbonyl (C=O) groups excluding carboxylic acids is 2. The molecule has 1 aromatic carbocycles. The molecule has 0 spiro atoms. The SMILES string of the molecule is COC(=O)C(Cc1ccccc1N)C(=O)Cl. The topological polar surface area (TPSA) is 69.4 Å². The van der Waals surface area contributed by atoms with Crippen molar-refractivity contribution in [2.75, 3.05) is 12.8 Å². The molecule has 0 aliphatic carbocycles.